The van der Waals surface area contributed by atoms with Crippen LogP contribution in [0.15, 0.2) is 61.2 Å². The summed E-state index contributed by atoms with van der Waals surface area (Å²) in [5, 5.41) is 17.5. The molecule has 2 aromatic carbocycles. The van der Waals surface area contributed by atoms with Gasteiger partial charge < -0.3 is 14.9 Å². The van der Waals surface area contributed by atoms with Crippen LogP contribution in [0.25, 0.3) is 11.1 Å². The highest BCUT2D eigenvalue weighted by Gasteiger charge is 2.10. The van der Waals surface area contributed by atoms with Crippen molar-refractivity contribution >= 4 is 5.97 Å². The Bertz CT molecular complexity index is 591. The third kappa shape index (κ3) is 5.03. The maximum absolute atomic E-state index is 9.89. The minimum Gasteiger partial charge on any atom is -0.507 e. The molecule has 0 aromatic heterocycles. The van der Waals surface area contributed by atoms with Crippen LogP contribution in [0, 0.1) is 0 Å². The number of phenolic OH excluding ortho intramolecular Hbond substituents is 1. The maximum atomic E-state index is 9.89. The van der Waals surface area contributed by atoms with Crippen molar-refractivity contribution in [1.82, 2.24) is 0 Å². The van der Waals surface area contributed by atoms with Crippen LogP contribution in [0.5, 0.6) is 11.5 Å². The van der Waals surface area contributed by atoms with Crippen LogP contribution in [0.3, 0.4) is 0 Å². The van der Waals surface area contributed by atoms with Gasteiger partial charge in [-0.3, -0.25) is 0 Å². The molecule has 4 heteroatoms. The first-order chi connectivity index (χ1) is 10.1. The molecule has 110 valence electrons. The van der Waals surface area contributed by atoms with Crippen molar-refractivity contribution in [3.05, 3.63) is 61.2 Å². The second-order valence-electron chi connectivity index (χ2n) is 3.99. The molecular weight excluding hydrogens is 268 g/mol. The van der Waals surface area contributed by atoms with Crippen molar-refractivity contribution in [1.29, 1.82) is 0 Å². The zero-order chi connectivity index (χ0) is 15.7. The molecule has 0 unspecified atom stereocenters. The average molecular weight is 286 g/mol. The van der Waals surface area contributed by atoms with E-state index in [0.717, 1.165) is 17.2 Å². The summed E-state index contributed by atoms with van der Waals surface area (Å²) in [6.45, 7) is 5.48. The molecule has 0 aliphatic rings. The molecule has 0 fully saturated rings. The highest BCUT2D eigenvalue weighted by Crippen LogP contribution is 2.37. The number of carbonyl (C=O) groups is 1. The average Bonchev–Trinajstić information content (AvgIpc) is 2.49. The molecule has 0 heterocycles. The van der Waals surface area contributed by atoms with E-state index in [1.807, 2.05) is 43.3 Å². The smallest absolute Gasteiger partial charge is 0.327 e. The molecule has 2 aromatic rings. The predicted octanol–water partition coefficient (Wildman–Crippen LogP) is 3.71. The number of benzene rings is 2. The second-order valence-corrected chi connectivity index (χ2v) is 3.99. The lowest BCUT2D eigenvalue weighted by Crippen LogP contribution is -1.94. The van der Waals surface area contributed by atoms with Crippen molar-refractivity contribution in [2.75, 3.05) is 6.61 Å². The molecule has 0 radical (unpaired) electrons. The van der Waals surface area contributed by atoms with Crippen molar-refractivity contribution in [3.8, 4) is 22.6 Å². The highest BCUT2D eigenvalue weighted by molar-refractivity contribution is 5.78. The minimum absolute atomic E-state index is 0.247. The SMILES string of the molecule is C=CC(=O)O.CCOc1cccc(O)c1-c1ccccc1. The Morgan fingerprint density at radius 2 is 1.81 bits per heavy atom. The van der Waals surface area contributed by atoms with Crippen LogP contribution in [0.4, 0.5) is 0 Å². The standard InChI is InChI=1S/C14H14O2.C3H4O2/c1-2-16-13-10-6-9-12(15)14(13)11-7-4-3-5-8-11;1-2-3(4)5/h3-10,15H,2H2,1H3;2H,1H2,(H,4,5). The minimum atomic E-state index is -0.981. The molecule has 4 nitrogen and oxygen atoms in total. The summed E-state index contributed by atoms with van der Waals surface area (Å²) in [5.74, 6) is -0.0177. The number of aromatic hydroxyl groups is 1. The quantitative estimate of drug-likeness (QED) is 0.841. The van der Waals surface area contributed by atoms with Crippen LogP contribution in [0.2, 0.25) is 0 Å². The van der Waals surface area contributed by atoms with Gasteiger partial charge in [0.1, 0.15) is 11.5 Å². The fourth-order valence-corrected chi connectivity index (χ4v) is 1.69. The number of hydrogen-bond donors (Lipinski definition) is 2. The van der Waals surface area contributed by atoms with E-state index in [9.17, 15) is 9.90 Å². The molecule has 2 N–H and O–H groups in total. The molecule has 0 saturated heterocycles. The van der Waals surface area contributed by atoms with Crippen molar-refractivity contribution in [2.45, 2.75) is 6.92 Å². The molecule has 0 spiro atoms. The summed E-state index contributed by atoms with van der Waals surface area (Å²) in [6.07, 6.45) is 0.833. The summed E-state index contributed by atoms with van der Waals surface area (Å²) in [6, 6.07) is 15.1. The fourth-order valence-electron chi connectivity index (χ4n) is 1.69. The molecule has 0 amide bonds. The summed E-state index contributed by atoms with van der Waals surface area (Å²) in [4.78, 5) is 9.25. The molecule has 0 bridgehead atoms. The van der Waals surface area contributed by atoms with E-state index in [0.29, 0.717) is 12.4 Å². The van der Waals surface area contributed by atoms with Crippen LogP contribution in [-0.2, 0) is 4.79 Å². The van der Waals surface area contributed by atoms with E-state index in [4.69, 9.17) is 9.84 Å². The first-order valence-corrected chi connectivity index (χ1v) is 6.45. The monoisotopic (exact) mass is 286 g/mol. The normalized spacial score (nSPS) is 9.19. The number of hydrogen-bond acceptors (Lipinski definition) is 3. The topological polar surface area (TPSA) is 66.8 Å². The molecule has 2 rings (SSSR count). The van der Waals surface area contributed by atoms with Gasteiger partial charge in [0, 0.05) is 6.08 Å². The second kappa shape index (κ2) is 8.43. The third-order valence-corrected chi connectivity index (χ3v) is 2.54. The van der Waals surface area contributed by atoms with Gasteiger partial charge in [-0.15, -0.1) is 0 Å². The number of aliphatic carboxylic acids is 1. The van der Waals surface area contributed by atoms with Gasteiger partial charge in [0.25, 0.3) is 0 Å². The summed E-state index contributed by atoms with van der Waals surface area (Å²) < 4.78 is 5.51. The molecule has 0 saturated carbocycles. The van der Waals surface area contributed by atoms with E-state index < -0.39 is 5.97 Å². The van der Waals surface area contributed by atoms with E-state index in [2.05, 4.69) is 6.58 Å². The van der Waals surface area contributed by atoms with Crippen molar-refractivity contribution < 1.29 is 19.7 Å². The van der Waals surface area contributed by atoms with Gasteiger partial charge in [-0.2, -0.15) is 0 Å². The number of phenols is 1. The Balaban J connectivity index is 0.000000383. The molecule has 0 aliphatic heterocycles. The first kappa shape index (κ1) is 16.3. The Kier molecular flexibility index (Phi) is 6.54. The van der Waals surface area contributed by atoms with Gasteiger partial charge in [-0.1, -0.05) is 43.0 Å². The first-order valence-electron chi connectivity index (χ1n) is 6.45. The molecular formula is C17H18O4. The summed E-state index contributed by atoms with van der Waals surface area (Å²) >= 11 is 0. The van der Waals surface area contributed by atoms with Gasteiger partial charge in [0.2, 0.25) is 0 Å². The summed E-state index contributed by atoms with van der Waals surface area (Å²) in [7, 11) is 0. The van der Waals surface area contributed by atoms with Gasteiger partial charge in [-0.05, 0) is 24.6 Å². The van der Waals surface area contributed by atoms with Gasteiger partial charge in [-0.25, -0.2) is 4.79 Å². The van der Waals surface area contributed by atoms with E-state index >= 15 is 0 Å². The van der Waals surface area contributed by atoms with Crippen molar-refractivity contribution in [3.63, 3.8) is 0 Å². The van der Waals surface area contributed by atoms with Gasteiger partial charge >= 0.3 is 5.97 Å². The van der Waals surface area contributed by atoms with Gasteiger partial charge in [0.15, 0.2) is 0 Å². The lowest BCUT2D eigenvalue weighted by atomic mass is 10.0. The summed E-state index contributed by atoms with van der Waals surface area (Å²) in [5.41, 5.74) is 1.72. The maximum Gasteiger partial charge on any atom is 0.327 e. The van der Waals surface area contributed by atoms with Crippen LogP contribution in [-0.4, -0.2) is 22.8 Å². The Morgan fingerprint density at radius 3 is 2.33 bits per heavy atom. The number of carboxylic acids is 1. The van der Waals surface area contributed by atoms with E-state index in [1.165, 1.54) is 0 Å². The number of carboxylic acid groups (broad SMARTS) is 1. The molecule has 0 aliphatic carbocycles. The van der Waals surface area contributed by atoms with Gasteiger partial charge in [0.05, 0.1) is 12.2 Å². The Hall–Kier alpha value is -2.75. The van der Waals surface area contributed by atoms with Crippen LogP contribution < -0.4 is 4.74 Å². The molecule has 21 heavy (non-hydrogen) atoms. The van der Waals surface area contributed by atoms with Crippen molar-refractivity contribution in [2.24, 2.45) is 0 Å². The predicted molar refractivity (Wildman–Crippen MR) is 82.5 cm³/mol. The lowest BCUT2D eigenvalue weighted by Gasteiger charge is -2.11. The van der Waals surface area contributed by atoms with E-state index in [-0.39, 0.29) is 5.75 Å². The van der Waals surface area contributed by atoms with E-state index in [1.54, 1.807) is 12.1 Å². The number of ether oxygens (including phenoxy) is 1. The Labute approximate surface area is 123 Å². The van der Waals surface area contributed by atoms with Crippen LogP contribution in [0.1, 0.15) is 6.92 Å². The number of rotatable bonds is 4. The molecule has 0 atom stereocenters. The highest BCUT2D eigenvalue weighted by atomic mass is 16.5. The Morgan fingerprint density at radius 1 is 1.19 bits per heavy atom. The van der Waals surface area contributed by atoms with Crippen LogP contribution >= 0.6 is 0 Å². The third-order valence-electron chi connectivity index (χ3n) is 2.54. The zero-order valence-corrected chi connectivity index (χ0v) is 11.8. The largest absolute Gasteiger partial charge is 0.507 e. The zero-order valence-electron chi connectivity index (χ0n) is 11.8. The lowest BCUT2D eigenvalue weighted by molar-refractivity contribution is -0.131. The fraction of sp³-hybridized carbons (Fsp3) is 0.118.